The van der Waals surface area contributed by atoms with E-state index in [2.05, 4.69) is 4.98 Å². The van der Waals surface area contributed by atoms with Gasteiger partial charge in [-0.15, -0.1) is 0 Å². The lowest BCUT2D eigenvalue weighted by Gasteiger charge is -2.29. The summed E-state index contributed by atoms with van der Waals surface area (Å²) in [5, 5.41) is 0. The molecule has 1 aromatic heterocycles. The average molecular weight is 395 g/mol. The van der Waals surface area contributed by atoms with Crippen LogP contribution < -0.4 is 15.2 Å². The van der Waals surface area contributed by atoms with Crippen molar-refractivity contribution in [2.45, 2.75) is 37.8 Å². The molecule has 2 aromatic rings. The predicted molar refractivity (Wildman–Crippen MR) is 103 cm³/mol. The molecule has 2 N–H and O–H groups in total. The summed E-state index contributed by atoms with van der Waals surface area (Å²) in [5.41, 5.74) is 6.26. The number of fused-ring (bicyclic) bond motifs is 1. The van der Waals surface area contributed by atoms with Gasteiger partial charge >= 0.3 is 0 Å². The monoisotopic (exact) mass is 395 g/mol. The van der Waals surface area contributed by atoms with Gasteiger partial charge in [0.25, 0.3) is 11.8 Å². The largest absolute Gasteiger partial charge is 0.493 e. The van der Waals surface area contributed by atoms with E-state index >= 15 is 0 Å². The lowest BCUT2D eigenvalue weighted by atomic mass is 9.96. The molecule has 1 fully saturated rings. The minimum Gasteiger partial charge on any atom is -0.493 e. The molecule has 8 heteroatoms. The normalized spacial score (nSPS) is 16.9. The maximum atomic E-state index is 12.9. The molecule has 1 aliphatic heterocycles. The molecule has 29 heavy (non-hydrogen) atoms. The third kappa shape index (κ3) is 3.41. The number of amides is 3. The van der Waals surface area contributed by atoms with Crippen molar-refractivity contribution in [3.63, 3.8) is 0 Å². The number of methoxy groups -OCH3 is 1. The number of nitrogens with zero attached hydrogens (tertiary/aromatic N) is 2. The topological polar surface area (TPSA) is 112 Å². The molecule has 4 rings (SSSR count). The van der Waals surface area contributed by atoms with Crippen molar-refractivity contribution in [1.29, 1.82) is 0 Å². The number of pyridine rings is 1. The standard InChI is InChI=1S/C21H21N3O5/c1-28-17-10-12(7-8-16(17)29-13-4-2-5-13)15(11-18(22)25)24-20(26)14-6-3-9-23-19(14)21(24)27/h3,6-10,13,15H,2,4-5,11H2,1H3,(H2,22,25). The van der Waals surface area contributed by atoms with E-state index in [-0.39, 0.29) is 23.8 Å². The summed E-state index contributed by atoms with van der Waals surface area (Å²) < 4.78 is 11.4. The molecule has 2 aliphatic rings. The van der Waals surface area contributed by atoms with E-state index in [9.17, 15) is 14.4 Å². The van der Waals surface area contributed by atoms with Gasteiger partial charge in [-0.1, -0.05) is 6.07 Å². The van der Waals surface area contributed by atoms with Crippen LogP contribution >= 0.6 is 0 Å². The first kappa shape index (κ1) is 18.9. The average Bonchev–Trinajstić information content (AvgIpc) is 2.93. The molecular weight excluding hydrogens is 374 g/mol. The van der Waals surface area contributed by atoms with Crippen LogP contribution in [0.3, 0.4) is 0 Å². The van der Waals surface area contributed by atoms with Crippen molar-refractivity contribution in [2.24, 2.45) is 5.73 Å². The molecule has 2 heterocycles. The molecule has 1 aromatic carbocycles. The van der Waals surface area contributed by atoms with E-state index in [1.807, 2.05) is 0 Å². The van der Waals surface area contributed by atoms with E-state index in [0.29, 0.717) is 17.1 Å². The van der Waals surface area contributed by atoms with Crippen LogP contribution in [0.2, 0.25) is 0 Å². The van der Waals surface area contributed by atoms with Gasteiger partial charge in [-0.3, -0.25) is 24.3 Å². The highest BCUT2D eigenvalue weighted by Gasteiger charge is 2.42. The molecule has 3 amide bonds. The third-order valence-electron chi connectivity index (χ3n) is 5.30. The second-order valence-corrected chi connectivity index (χ2v) is 7.15. The summed E-state index contributed by atoms with van der Waals surface area (Å²) in [7, 11) is 1.52. The number of nitrogens with two attached hydrogens (primary N) is 1. The summed E-state index contributed by atoms with van der Waals surface area (Å²) in [6.45, 7) is 0. The van der Waals surface area contributed by atoms with Crippen LogP contribution in [0.1, 0.15) is 58.1 Å². The first-order valence-corrected chi connectivity index (χ1v) is 9.45. The zero-order valence-corrected chi connectivity index (χ0v) is 16.0. The summed E-state index contributed by atoms with van der Waals surface area (Å²) in [6, 6.07) is 7.40. The molecule has 1 aliphatic carbocycles. The van der Waals surface area contributed by atoms with Gasteiger partial charge in [0, 0.05) is 6.20 Å². The first-order chi connectivity index (χ1) is 14.0. The third-order valence-corrected chi connectivity index (χ3v) is 5.30. The van der Waals surface area contributed by atoms with E-state index in [1.165, 1.54) is 13.3 Å². The number of carbonyl (C=O) groups is 3. The fourth-order valence-electron chi connectivity index (χ4n) is 3.57. The van der Waals surface area contributed by atoms with Crippen LogP contribution in [-0.4, -0.2) is 40.8 Å². The summed E-state index contributed by atoms with van der Waals surface area (Å²) in [4.78, 5) is 42.5. The van der Waals surface area contributed by atoms with Gasteiger partial charge in [-0.05, 0) is 49.1 Å². The highest BCUT2D eigenvalue weighted by Crippen LogP contribution is 2.38. The zero-order chi connectivity index (χ0) is 20.5. The van der Waals surface area contributed by atoms with Crippen LogP contribution in [0.5, 0.6) is 11.5 Å². The number of ether oxygens (including phenoxy) is 2. The van der Waals surface area contributed by atoms with E-state index < -0.39 is 23.8 Å². The van der Waals surface area contributed by atoms with Gasteiger partial charge < -0.3 is 15.2 Å². The number of benzene rings is 1. The Labute approximate surface area is 167 Å². The predicted octanol–water partition coefficient (Wildman–Crippen LogP) is 2.23. The molecular formula is C21H21N3O5. The zero-order valence-electron chi connectivity index (χ0n) is 16.0. The molecule has 1 atom stereocenters. The highest BCUT2D eigenvalue weighted by atomic mass is 16.5. The van der Waals surface area contributed by atoms with Crippen LogP contribution in [0.4, 0.5) is 0 Å². The molecule has 8 nitrogen and oxygen atoms in total. The van der Waals surface area contributed by atoms with Gasteiger partial charge in [0.15, 0.2) is 11.5 Å². The van der Waals surface area contributed by atoms with Crippen molar-refractivity contribution in [2.75, 3.05) is 7.11 Å². The maximum Gasteiger partial charge on any atom is 0.280 e. The number of aromatic nitrogens is 1. The molecule has 0 bridgehead atoms. The van der Waals surface area contributed by atoms with Crippen LogP contribution in [0.15, 0.2) is 36.5 Å². The van der Waals surface area contributed by atoms with Crippen molar-refractivity contribution < 1.29 is 23.9 Å². The molecule has 1 unspecified atom stereocenters. The van der Waals surface area contributed by atoms with E-state index in [0.717, 1.165) is 24.2 Å². The number of hydrogen-bond acceptors (Lipinski definition) is 6. The minimum absolute atomic E-state index is 0.0730. The lowest BCUT2D eigenvalue weighted by molar-refractivity contribution is -0.118. The Balaban J connectivity index is 1.70. The molecule has 0 saturated heterocycles. The number of primary amides is 1. The Bertz CT molecular complexity index is 951. The summed E-state index contributed by atoms with van der Waals surface area (Å²) in [5.74, 6) is -0.626. The molecule has 0 radical (unpaired) electrons. The summed E-state index contributed by atoms with van der Waals surface area (Å²) >= 11 is 0. The Morgan fingerprint density at radius 2 is 2.03 bits per heavy atom. The van der Waals surface area contributed by atoms with Crippen LogP contribution in [0.25, 0.3) is 0 Å². The molecule has 0 spiro atoms. The quantitative estimate of drug-likeness (QED) is 0.720. The van der Waals surface area contributed by atoms with Crippen molar-refractivity contribution in [3.05, 3.63) is 53.3 Å². The summed E-state index contributed by atoms with van der Waals surface area (Å²) in [6.07, 6.45) is 4.54. The van der Waals surface area contributed by atoms with E-state index in [4.69, 9.17) is 15.2 Å². The molecule has 150 valence electrons. The number of carbonyl (C=O) groups excluding carboxylic acids is 3. The number of hydrogen-bond donors (Lipinski definition) is 1. The fourth-order valence-corrected chi connectivity index (χ4v) is 3.57. The fraction of sp³-hybridized carbons (Fsp3) is 0.333. The van der Waals surface area contributed by atoms with Crippen molar-refractivity contribution >= 4 is 17.7 Å². The Morgan fingerprint density at radius 1 is 1.24 bits per heavy atom. The van der Waals surface area contributed by atoms with Gasteiger partial charge in [0.1, 0.15) is 5.69 Å². The smallest absolute Gasteiger partial charge is 0.280 e. The first-order valence-electron chi connectivity index (χ1n) is 9.45. The second kappa shape index (κ2) is 7.54. The Morgan fingerprint density at radius 3 is 2.66 bits per heavy atom. The lowest BCUT2D eigenvalue weighted by Crippen LogP contribution is -2.36. The van der Waals surface area contributed by atoms with Crippen LogP contribution in [-0.2, 0) is 4.79 Å². The number of rotatable bonds is 7. The van der Waals surface area contributed by atoms with E-state index in [1.54, 1.807) is 30.3 Å². The van der Waals surface area contributed by atoms with Crippen molar-refractivity contribution in [1.82, 2.24) is 9.88 Å². The van der Waals surface area contributed by atoms with Gasteiger partial charge in [-0.2, -0.15) is 0 Å². The van der Waals surface area contributed by atoms with Crippen molar-refractivity contribution in [3.8, 4) is 11.5 Å². The minimum atomic E-state index is -0.867. The number of imide groups is 1. The second-order valence-electron chi connectivity index (χ2n) is 7.15. The molecule has 1 saturated carbocycles. The van der Waals surface area contributed by atoms with Crippen LogP contribution in [0, 0.1) is 0 Å². The Hall–Kier alpha value is -3.42. The maximum absolute atomic E-state index is 12.9. The van der Waals surface area contributed by atoms with Gasteiger partial charge in [0.05, 0.1) is 31.2 Å². The Kier molecular flexibility index (Phi) is 4.92. The SMILES string of the molecule is COc1cc(C(CC(N)=O)N2C(=O)c3cccnc3C2=O)ccc1OC1CCC1. The van der Waals surface area contributed by atoms with Gasteiger partial charge in [0.2, 0.25) is 5.91 Å². The van der Waals surface area contributed by atoms with Gasteiger partial charge in [-0.25, -0.2) is 0 Å². The highest BCUT2D eigenvalue weighted by molar-refractivity contribution is 6.20.